The van der Waals surface area contributed by atoms with E-state index in [4.69, 9.17) is 4.99 Å². The molecule has 2 aliphatic rings. The first kappa shape index (κ1) is 21.9. The van der Waals surface area contributed by atoms with Crippen LogP contribution in [0.25, 0.3) is 0 Å². The van der Waals surface area contributed by atoms with Gasteiger partial charge < -0.3 is 5.32 Å². The molecule has 0 aliphatic carbocycles. The van der Waals surface area contributed by atoms with E-state index in [1.807, 2.05) is 30.3 Å². The number of benzene rings is 3. The van der Waals surface area contributed by atoms with Crippen LogP contribution >= 0.6 is 0 Å². The Morgan fingerprint density at radius 1 is 0.941 bits per heavy atom. The quantitative estimate of drug-likeness (QED) is 0.535. The number of carbonyl (C=O) groups is 1. The average molecular weight is 465 g/mol. The lowest BCUT2D eigenvalue weighted by molar-refractivity contribution is -0.137. The Balaban J connectivity index is 1.73. The predicted octanol–water partition coefficient (Wildman–Crippen LogP) is 5.28. The average Bonchev–Trinajstić information content (AvgIpc) is 2.96. The molecule has 1 atom stereocenters. The highest BCUT2D eigenvalue weighted by Gasteiger charge is 2.44. The summed E-state index contributed by atoms with van der Waals surface area (Å²) < 4.78 is 54.7. The molecule has 8 heteroatoms. The number of amides is 1. The number of halogens is 4. The molecule has 0 bridgehead atoms. The van der Waals surface area contributed by atoms with Crippen LogP contribution in [0.2, 0.25) is 0 Å². The lowest BCUT2D eigenvalue weighted by Gasteiger charge is -2.29. The smallest absolute Gasteiger partial charge is 0.378 e. The summed E-state index contributed by atoms with van der Waals surface area (Å²) in [4.78, 5) is 19.7. The number of rotatable bonds is 3. The molecule has 3 aromatic rings. The van der Waals surface area contributed by atoms with Crippen LogP contribution < -0.4 is 10.2 Å². The number of carbonyl (C=O) groups excluding carboxylic acids is 1. The highest BCUT2D eigenvalue weighted by atomic mass is 19.4. The van der Waals surface area contributed by atoms with Gasteiger partial charge in [0.2, 0.25) is 0 Å². The molecule has 0 aromatic heterocycles. The molecule has 2 aliphatic heterocycles. The van der Waals surface area contributed by atoms with Gasteiger partial charge in [0.25, 0.3) is 5.91 Å². The Hall–Kier alpha value is -3.94. The van der Waals surface area contributed by atoms with Crippen molar-refractivity contribution in [2.24, 2.45) is 4.99 Å². The predicted molar refractivity (Wildman–Crippen MR) is 121 cm³/mol. The Labute approximate surface area is 193 Å². The number of alkyl halides is 3. The van der Waals surface area contributed by atoms with Crippen molar-refractivity contribution in [2.45, 2.75) is 12.2 Å². The van der Waals surface area contributed by atoms with Gasteiger partial charge in [-0.25, -0.2) is 4.39 Å². The minimum absolute atomic E-state index is 0.0661. The second-order valence-corrected chi connectivity index (χ2v) is 7.99. The zero-order valence-electron chi connectivity index (χ0n) is 17.8. The SMILES string of the molecule is O=C1C2=C(C(c3ccccc3)=NCCN2)[C@@H](c2cccc(F)c2)N1c1cccc(C(F)(F)F)c1. The maximum absolute atomic E-state index is 14.3. The van der Waals surface area contributed by atoms with Gasteiger partial charge in [-0.3, -0.25) is 14.7 Å². The van der Waals surface area contributed by atoms with Gasteiger partial charge >= 0.3 is 6.18 Å². The Kier molecular flexibility index (Phi) is 5.43. The molecular formula is C26H19F4N3O. The lowest BCUT2D eigenvalue weighted by atomic mass is 9.91. The molecule has 0 saturated heterocycles. The summed E-state index contributed by atoms with van der Waals surface area (Å²) in [5, 5.41) is 3.11. The third-order valence-corrected chi connectivity index (χ3v) is 5.84. The van der Waals surface area contributed by atoms with Crippen LogP contribution in [0.5, 0.6) is 0 Å². The Bertz CT molecular complexity index is 1310. The number of nitrogens with zero attached hydrogens (tertiary/aromatic N) is 2. The highest BCUT2D eigenvalue weighted by Crippen LogP contribution is 2.44. The number of nitrogens with one attached hydrogen (secondary N) is 1. The zero-order chi connectivity index (χ0) is 23.9. The van der Waals surface area contributed by atoms with Gasteiger partial charge in [0.15, 0.2) is 0 Å². The molecule has 172 valence electrons. The molecule has 0 fully saturated rings. The van der Waals surface area contributed by atoms with Crippen LogP contribution in [-0.4, -0.2) is 24.7 Å². The monoisotopic (exact) mass is 465 g/mol. The first-order valence-electron chi connectivity index (χ1n) is 10.7. The van der Waals surface area contributed by atoms with E-state index in [0.717, 1.165) is 17.7 Å². The number of hydrogen-bond acceptors (Lipinski definition) is 3. The molecule has 0 saturated carbocycles. The van der Waals surface area contributed by atoms with Gasteiger partial charge in [-0.05, 0) is 35.9 Å². The van der Waals surface area contributed by atoms with Crippen LogP contribution in [0.3, 0.4) is 0 Å². The Morgan fingerprint density at radius 3 is 2.44 bits per heavy atom. The highest BCUT2D eigenvalue weighted by molar-refractivity contribution is 6.23. The third-order valence-electron chi connectivity index (χ3n) is 5.84. The summed E-state index contributed by atoms with van der Waals surface area (Å²) in [5.41, 5.74) is 1.71. The second-order valence-electron chi connectivity index (χ2n) is 7.99. The molecule has 4 nitrogen and oxygen atoms in total. The van der Waals surface area contributed by atoms with Gasteiger partial charge in [-0.2, -0.15) is 13.2 Å². The van der Waals surface area contributed by atoms with Crippen molar-refractivity contribution in [1.82, 2.24) is 5.32 Å². The molecule has 5 rings (SSSR count). The van der Waals surface area contributed by atoms with E-state index in [1.54, 1.807) is 6.07 Å². The minimum Gasteiger partial charge on any atom is -0.378 e. The standard InChI is InChI=1S/C26H19F4N3O/c27-19-10-4-8-17(14-19)24-21-22(16-6-2-1-3-7-16)31-12-13-32-23(21)25(34)33(24)20-11-5-9-18(15-20)26(28,29)30/h1-11,14-15,24,32H,12-13H2/t24-/m1/s1. The van der Waals surface area contributed by atoms with E-state index in [-0.39, 0.29) is 11.4 Å². The van der Waals surface area contributed by atoms with Crippen LogP contribution in [0.15, 0.2) is 95.1 Å². The first-order chi connectivity index (χ1) is 16.3. The summed E-state index contributed by atoms with van der Waals surface area (Å²) in [7, 11) is 0. The van der Waals surface area contributed by atoms with E-state index >= 15 is 0 Å². The summed E-state index contributed by atoms with van der Waals surface area (Å²) in [6.45, 7) is 0.789. The van der Waals surface area contributed by atoms with Gasteiger partial charge in [0.1, 0.15) is 11.5 Å². The van der Waals surface area contributed by atoms with E-state index in [2.05, 4.69) is 5.32 Å². The third kappa shape index (κ3) is 3.85. The molecule has 3 aromatic carbocycles. The van der Waals surface area contributed by atoms with E-state index in [0.29, 0.717) is 29.9 Å². The van der Waals surface area contributed by atoms with Gasteiger partial charge in [0.05, 0.1) is 23.9 Å². The second kappa shape index (κ2) is 8.44. The van der Waals surface area contributed by atoms with Crippen molar-refractivity contribution < 1.29 is 22.4 Å². The maximum Gasteiger partial charge on any atom is 0.416 e. The molecular weight excluding hydrogens is 446 g/mol. The summed E-state index contributed by atoms with van der Waals surface area (Å²) >= 11 is 0. The van der Waals surface area contributed by atoms with Crippen LogP contribution in [0, 0.1) is 5.82 Å². The molecule has 1 amide bonds. The molecule has 0 unspecified atom stereocenters. The number of anilines is 1. The van der Waals surface area contributed by atoms with Crippen molar-refractivity contribution >= 4 is 17.3 Å². The zero-order valence-corrected chi connectivity index (χ0v) is 17.8. The van der Waals surface area contributed by atoms with Crippen LogP contribution in [0.1, 0.15) is 22.7 Å². The topological polar surface area (TPSA) is 44.7 Å². The minimum atomic E-state index is -4.58. The molecule has 1 N–H and O–H groups in total. The normalized spacial score (nSPS) is 18.4. The van der Waals surface area contributed by atoms with E-state index in [1.165, 1.54) is 35.2 Å². The van der Waals surface area contributed by atoms with Crippen molar-refractivity contribution in [3.8, 4) is 0 Å². The van der Waals surface area contributed by atoms with Gasteiger partial charge in [0, 0.05) is 23.4 Å². The lowest BCUT2D eigenvalue weighted by Crippen LogP contribution is -2.34. The van der Waals surface area contributed by atoms with Crippen molar-refractivity contribution in [2.75, 3.05) is 18.0 Å². The van der Waals surface area contributed by atoms with Gasteiger partial charge in [-0.1, -0.05) is 48.5 Å². The molecule has 34 heavy (non-hydrogen) atoms. The summed E-state index contributed by atoms with van der Waals surface area (Å²) in [6, 6.07) is 18.7. The number of aliphatic imine (C=N–C) groups is 1. The Morgan fingerprint density at radius 2 is 1.71 bits per heavy atom. The van der Waals surface area contributed by atoms with Crippen molar-refractivity contribution in [1.29, 1.82) is 0 Å². The first-order valence-corrected chi connectivity index (χ1v) is 10.7. The summed E-state index contributed by atoms with van der Waals surface area (Å²) in [5.74, 6) is -1.00. The summed E-state index contributed by atoms with van der Waals surface area (Å²) in [6.07, 6.45) is -4.58. The maximum atomic E-state index is 14.3. The fraction of sp³-hybridized carbons (Fsp3) is 0.154. The van der Waals surface area contributed by atoms with Crippen LogP contribution in [0.4, 0.5) is 23.2 Å². The fourth-order valence-corrected chi connectivity index (χ4v) is 4.40. The molecule has 0 spiro atoms. The van der Waals surface area contributed by atoms with Gasteiger partial charge in [-0.15, -0.1) is 0 Å². The largest absolute Gasteiger partial charge is 0.416 e. The van der Waals surface area contributed by atoms with E-state index < -0.39 is 29.5 Å². The van der Waals surface area contributed by atoms with Crippen molar-refractivity contribution in [3.63, 3.8) is 0 Å². The van der Waals surface area contributed by atoms with Crippen LogP contribution in [-0.2, 0) is 11.0 Å². The number of hydrogen-bond donors (Lipinski definition) is 1. The molecule has 0 radical (unpaired) electrons. The van der Waals surface area contributed by atoms with Crippen molar-refractivity contribution in [3.05, 3.63) is 113 Å². The molecule has 2 heterocycles. The van der Waals surface area contributed by atoms with E-state index in [9.17, 15) is 22.4 Å². The fourth-order valence-electron chi connectivity index (χ4n) is 4.40.